The van der Waals surface area contributed by atoms with Crippen molar-refractivity contribution in [3.8, 4) is 0 Å². The summed E-state index contributed by atoms with van der Waals surface area (Å²) in [7, 11) is 0. The number of benzene rings is 1. The zero-order chi connectivity index (χ0) is 16.9. The van der Waals surface area contributed by atoms with Gasteiger partial charge < -0.3 is 10.2 Å². The number of rotatable bonds is 6. The van der Waals surface area contributed by atoms with Gasteiger partial charge in [0.25, 0.3) is 0 Å². The number of hydrogen-bond donors (Lipinski definition) is 2. The van der Waals surface area contributed by atoms with E-state index in [0.29, 0.717) is 12.4 Å². The van der Waals surface area contributed by atoms with Gasteiger partial charge in [0.2, 0.25) is 0 Å². The minimum atomic E-state index is -0.243. The Balaban J connectivity index is 1.38. The molecule has 0 fully saturated rings. The molecular formula is C17H24N6O. The second kappa shape index (κ2) is 7.33. The van der Waals surface area contributed by atoms with E-state index in [1.165, 1.54) is 11.3 Å². The van der Waals surface area contributed by atoms with Gasteiger partial charge in [-0.05, 0) is 38.3 Å². The van der Waals surface area contributed by atoms with E-state index in [9.17, 15) is 4.79 Å². The van der Waals surface area contributed by atoms with Gasteiger partial charge in [0.15, 0.2) is 5.82 Å². The second-order valence-corrected chi connectivity index (χ2v) is 6.28. The summed E-state index contributed by atoms with van der Waals surface area (Å²) in [6.45, 7) is 6.65. The summed E-state index contributed by atoms with van der Waals surface area (Å²) in [5, 5.41) is 13.4. The molecule has 128 valence electrons. The molecule has 7 nitrogen and oxygen atoms in total. The highest BCUT2D eigenvalue weighted by Crippen LogP contribution is 2.27. The van der Waals surface area contributed by atoms with Crippen LogP contribution < -0.4 is 15.5 Å². The Morgan fingerprint density at radius 1 is 1.33 bits per heavy atom. The fourth-order valence-electron chi connectivity index (χ4n) is 2.86. The Morgan fingerprint density at radius 2 is 2.17 bits per heavy atom. The zero-order valence-electron chi connectivity index (χ0n) is 14.2. The first-order valence-electron chi connectivity index (χ1n) is 8.43. The maximum atomic E-state index is 11.9. The summed E-state index contributed by atoms with van der Waals surface area (Å²) >= 11 is 0. The van der Waals surface area contributed by atoms with Crippen LogP contribution in [0.2, 0.25) is 0 Å². The van der Waals surface area contributed by atoms with Crippen molar-refractivity contribution in [3.05, 3.63) is 36.0 Å². The monoisotopic (exact) mass is 328 g/mol. The van der Waals surface area contributed by atoms with E-state index in [0.717, 1.165) is 25.9 Å². The van der Waals surface area contributed by atoms with Crippen molar-refractivity contribution in [1.82, 2.24) is 20.3 Å². The van der Waals surface area contributed by atoms with Crippen molar-refractivity contribution in [3.63, 3.8) is 0 Å². The molecule has 1 aliphatic rings. The zero-order valence-corrected chi connectivity index (χ0v) is 14.2. The van der Waals surface area contributed by atoms with Crippen LogP contribution in [0.1, 0.15) is 31.9 Å². The fourth-order valence-corrected chi connectivity index (χ4v) is 2.86. The maximum Gasteiger partial charge on any atom is 0.320 e. The molecule has 2 heterocycles. The minimum absolute atomic E-state index is 0.222. The molecule has 2 N–H and O–H groups in total. The predicted octanol–water partition coefficient (Wildman–Crippen LogP) is 2.43. The number of aromatic nitrogens is 3. The van der Waals surface area contributed by atoms with E-state index >= 15 is 0 Å². The Kier molecular flexibility index (Phi) is 4.98. The summed E-state index contributed by atoms with van der Waals surface area (Å²) < 4.78 is 1.71. The molecule has 1 aromatic carbocycles. The lowest BCUT2D eigenvalue weighted by Gasteiger charge is -2.19. The Hall–Kier alpha value is -2.57. The molecule has 0 saturated heterocycles. The first-order chi connectivity index (χ1) is 11.6. The van der Waals surface area contributed by atoms with Crippen LogP contribution in [-0.4, -0.2) is 40.7 Å². The molecule has 7 heteroatoms. The number of nitrogens with zero attached hydrogens (tertiary/aromatic N) is 4. The third kappa shape index (κ3) is 3.84. The van der Waals surface area contributed by atoms with Crippen LogP contribution in [0.5, 0.6) is 0 Å². The van der Waals surface area contributed by atoms with E-state index in [4.69, 9.17) is 0 Å². The van der Waals surface area contributed by atoms with E-state index in [1.54, 1.807) is 10.9 Å². The molecule has 0 atom stereocenters. The Labute approximate surface area is 142 Å². The van der Waals surface area contributed by atoms with Gasteiger partial charge in [-0.25, -0.2) is 9.48 Å². The topological polar surface area (TPSA) is 75.1 Å². The van der Waals surface area contributed by atoms with Crippen molar-refractivity contribution < 1.29 is 4.79 Å². The molecule has 2 amide bonds. The molecule has 0 bridgehead atoms. The van der Waals surface area contributed by atoms with Gasteiger partial charge in [0.05, 0.1) is 6.20 Å². The van der Waals surface area contributed by atoms with Crippen molar-refractivity contribution in [1.29, 1.82) is 0 Å². The molecule has 1 aliphatic heterocycles. The van der Waals surface area contributed by atoms with Crippen molar-refractivity contribution in [2.75, 3.05) is 29.9 Å². The fraction of sp³-hybridized carbons (Fsp3) is 0.471. The number of nitrogens with one attached hydrogen (secondary N) is 2. The summed E-state index contributed by atoms with van der Waals surface area (Å²) in [5.74, 6) is 0.467. The van der Waals surface area contributed by atoms with E-state index in [1.807, 2.05) is 13.8 Å². The average molecular weight is 328 g/mol. The van der Waals surface area contributed by atoms with Gasteiger partial charge in [0.1, 0.15) is 0 Å². The quantitative estimate of drug-likeness (QED) is 0.799. The summed E-state index contributed by atoms with van der Waals surface area (Å²) in [4.78, 5) is 14.3. The molecule has 0 radical (unpaired) electrons. The molecule has 2 aromatic rings. The molecule has 0 unspecified atom stereocenters. The third-order valence-electron chi connectivity index (χ3n) is 4.15. The number of hydrogen-bond acceptors (Lipinski definition) is 4. The lowest BCUT2D eigenvalue weighted by Crippen LogP contribution is -2.32. The highest BCUT2D eigenvalue weighted by Gasteiger charge is 2.17. The molecule has 3 rings (SSSR count). The van der Waals surface area contributed by atoms with E-state index in [2.05, 4.69) is 50.1 Å². The molecule has 0 saturated carbocycles. The SMILES string of the molecule is CC(C)n1cc(NC(=O)NCCCN2CCc3ccccc32)nn1. The molecule has 0 spiro atoms. The van der Waals surface area contributed by atoms with Crippen LogP contribution in [0.4, 0.5) is 16.3 Å². The van der Waals surface area contributed by atoms with Crippen molar-refractivity contribution in [2.45, 2.75) is 32.7 Å². The number of amides is 2. The number of para-hydroxylation sites is 1. The lowest BCUT2D eigenvalue weighted by atomic mass is 10.2. The van der Waals surface area contributed by atoms with Crippen LogP contribution in [0.15, 0.2) is 30.5 Å². The van der Waals surface area contributed by atoms with Gasteiger partial charge in [-0.15, -0.1) is 5.10 Å². The Bertz CT molecular complexity index is 696. The van der Waals surface area contributed by atoms with Crippen LogP contribution in [0.25, 0.3) is 0 Å². The first kappa shape index (κ1) is 16.3. The highest BCUT2D eigenvalue weighted by molar-refractivity contribution is 5.87. The summed E-state index contributed by atoms with van der Waals surface area (Å²) in [5.41, 5.74) is 2.74. The predicted molar refractivity (Wildman–Crippen MR) is 94.4 cm³/mol. The van der Waals surface area contributed by atoms with E-state index in [-0.39, 0.29) is 12.1 Å². The van der Waals surface area contributed by atoms with Crippen molar-refractivity contribution in [2.24, 2.45) is 0 Å². The number of urea groups is 1. The average Bonchev–Trinajstić information content (AvgIpc) is 3.19. The van der Waals surface area contributed by atoms with Gasteiger partial charge in [-0.1, -0.05) is 23.4 Å². The maximum absolute atomic E-state index is 11.9. The number of anilines is 2. The minimum Gasteiger partial charge on any atom is -0.371 e. The van der Waals surface area contributed by atoms with Crippen LogP contribution >= 0.6 is 0 Å². The van der Waals surface area contributed by atoms with Gasteiger partial charge >= 0.3 is 6.03 Å². The lowest BCUT2D eigenvalue weighted by molar-refractivity contribution is 0.252. The molecular weight excluding hydrogens is 304 g/mol. The third-order valence-corrected chi connectivity index (χ3v) is 4.15. The highest BCUT2D eigenvalue weighted by atomic mass is 16.2. The smallest absolute Gasteiger partial charge is 0.320 e. The van der Waals surface area contributed by atoms with Crippen LogP contribution in [0.3, 0.4) is 0 Å². The molecule has 0 aliphatic carbocycles. The summed E-state index contributed by atoms with van der Waals surface area (Å²) in [6.07, 6.45) is 3.74. The van der Waals surface area contributed by atoms with E-state index < -0.39 is 0 Å². The Morgan fingerprint density at radius 3 is 2.96 bits per heavy atom. The molecule has 1 aromatic heterocycles. The van der Waals surface area contributed by atoms with Crippen molar-refractivity contribution >= 4 is 17.5 Å². The van der Waals surface area contributed by atoms with Crippen LogP contribution in [-0.2, 0) is 6.42 Å². The van der Waals surface area contributed by atoms with Crippen LogP contribution in [0, 0.1) is 0 Å². The normalized spacial score (nSPS) is 13.2. The van der Waals surface area contributed by atoms with Gasteiger partial charge in [0, 0.05) is 31.4 Å². The molecule has 24 heavy (non-hydrogen) atoms. The standard InChI is InChI=1S/C17H24N6O/c1-13(2)23-12-16(20-21-23)19-17(24)18-9-5-10-22-11-8-14-6-3-4-7-15(14)22/h3-4,6-7,12-13H,5,8-11H2,1-2H3,(H2,18,19,24). The largest absolute Gasteiger partial charge is 0.371 e. The van der Waals surface area contributed by atoms with Gasteiger partial charge in [-0.2, -0.15) is 0 Å². The summed E-state index contributed by atoms with van der Waals surface area (Å²) in [6, 6.07) is 8.50. The number of carbonyl (C=O) groups is 1. The number of carbonyl (C=O) groups excluding carboxylic acids is 1. The number of fused-ring (bicyclic) bond motifs is 1. The second-order valence-electron chi connectivity index (χ2n) is 6.28. The van der Waals surface area contributed by atoms with Gasteiger partial charge in [-0.3, -0.25) is 5.32 Å². The first-order valence-corrected chi connectivity index (χ1v) is 8.43.